The lowest BCUT2D eigenvalue weighted by molar-refractivity contribution is -0.122. The normalized spacial score (nSPS) is 12.7. The molecule has 0 saturated heterocycles. The Labute approximate surface area is 161 Å². The highest BCUT2D eigenvalue weighted by atomic mass is 35.5. The SMILES string of the molecule is CSCC[C@H](NS(=O)(=O)c1cccs1)C(=O)NCc1ccccc1Cl. The first kappa shape index (κ1) is 20.3. The number of carbonyl (C=O) groups excluding carboxylic acids is 1. The van der Waals surface area contributed by atoms with Gasteiger partial charge in [-0.15, -0.1) is 11.3 Å². The zero-order chi connectivity index (χ0) is 18.3. The van der Waals surface area contributed by atoms with Gasteiger partial charge in [-0.3, -0.25) is 4.79 Å². The zero-order valence-electron chi connectivity index (χ0n) is 13.6. The molecule has 136 valence electrons. The molecule has 1 aromatic heterocycles. The van der Waals surface area contributed by atoms with Crippen molar-refractivity contribution < 1.29 is 13.2 Å². The third-order valence-electron chi connectivity index (χ3n) is 3.40. The molecule has 2 aromatic rings. The lowest BCUT2D eigenvalue weighted by atomic mass is 10.2. The zero-order valence-corrected chi connectivity index (χ0v) is 16.8. The molecule has 0 aliphatic heterocycles. The van der Waals surface area contributed by atoms with E-state index in [1.165, 1.54) is 6.07 Å². The summed E-state index contributed by atoms with van der Waals surface area (Å²) in [5.74, 6) is 0.297. The summed E-state index contributed by atoms with van der Waals surface area (Å²) in [5, 5.41) is 5.00. The molecule has 0 aliphatic rings. The van der Waals surface area contributed by atoms with Crippen LogP contribution < -0.4 is 10.0 Å². The number of carbonyl (C=O) groups is 1. The Morgan fingerprint density at radius 3 is 2.68 bits per heavy atom. The van der Waals surface area contributed by atoms with Gasteiger partial charge in [-0.25, -0.2) is 8.42 Å². The fraction of sp³-hybridized carbons (Fsp3) is 0.312. The van der Waals surface area contributed by atoms with Crippen LogP contribution in [0.2, 0.25) is 5.02 Å². The van der Waals surface area contributed by atoms with Crippen molar-refractivity contribution in [1.82, 2.24) is 10.0 Å². The molecule has 0 fully saturated rings. The van der Waals surface area contributed by atoms with E-state index in [2.05, 4.69) is 10.0 Å². The molecule has 2 N–H and O–H groups in total. The van der Waals surface area contributed by atoms with E-state index in [9.17, 15) is 13.2 Å². The Bertz CT molecular complexity index is 795. The molecule has 5 nitrogen and oxygen atoms in total. The standard InChI is InChI=1S/C16H19ClN2O3S3/c1-23-10-8-14(19-25(21,22)15-7-4-9-24-15)16(20)18-11-12-5-2-3-6-13(12)17/h2-7,9,14,19H,8,10-11H2,1H3,(H,18,20)/t14-/m0/s1. The maximum atomic E-state index is 12.5. The molecule has 25 heavy (non-hydrogen) atoms. The predicted molar refractivity (Wildman–Crippen MR) is 105 cm³/mol. The van der Waals surface area contributed by atoms with Crippen molar-refractivity contribution in [2.75, 3.05) is 12.0 Å². The van der Waals surface area contributed by atoms with Gasteiger partial charge in [-0.2, -0.15) is 16.5 Å². The van der Waals surface area contributed by atoms with Crippen molar-refractivity contribution in [3.63, 3.8) is 0 Å². The summed E-state index contributed by atoms with van der Waals surface area (Å²) in [4.78, 5) is 12.5. The lowest BCUT2D eigenvalue weighted by Crippen LogP contribution is -2.46. The molecular weight excluding hydrogens is 400 g/mol. The van der Waals surface area contributed by atoms with Crippen molar-refractivity contribution in [2.24, 2.45) is 0 Å². The number of hydrogen-bond acceptors (Lipinski definition) is 5. The molecule has 1 heterocycles. The van der Waals surface area contributed by atoms with E-state index < -0.39 is 16.1 Å². The van der Waals surface area contributed by atoms with E-state index >= 15 is 0 Å². The number of amides is 1. The summed E-state index contributed by atoms with van der Waals surface area (Å²) in [6.07, 6.45) is 2.31. The summed E-state index contributed by atoms with van der Waals surface area (Å²) in [6.45, 7) is 0.245. The van der Waals surface area contributed by atoms with E-state index in [0.29, 0.717) is 17.2 Å². The third-order valence-corrected chi connectivity index (χ3v) is 7.28. The number of sulfonamides is 1. The summed E-state index contributed by atoms with van der Waals surface area (Å²) in [6, 6.07) is 9.54. The number of hydrogen-bond donors (Lipinski definition) is 2. The molecule has 2 rings (SSSR count). The quantitative estimate of drug-likeness (QED) is 0.656. The van der Waals surface area contributed by atoms with Gasteiger partial charge in [-0.1, -0.05) is 35.9 Å². The van der Waals surface area contributed by atoms with Crippen LogP contribution in [0.15, 0.2) is 46.0 Å². The van der Waals surface area contributed by atoms with E-state index in [0.717, 1.165) is 16.9 Å². The van der Waals surface area contributed by atoms with Gasteiger partial charge < -0.3 is 5.32 Å². The minimum Gasteiger partial charge on any atom is -0.351 e. The highest BCUT2D eigenvalue weighted by Crippen LogP contribution is 2.17. The molecule has 9 heteroatoms. The Morgan fingerprint density at radius 2 is 2.04 bits per heavy atom. The van der Waals surface area contributed by atoms with E-state index in [1.807, 2.05) is 24.5 Å². The fourth-order valence-corrected chi connectivity index (χ4v) is 5.00. The minimum absolute atomic E-state index is 0.195. The first-order chi connectivity index (χ1) is 11.9. The van der Waals surface area contributed by atoms with Crippen LogP contribution in [-0.4, -0.2) is 32.4 Å². The Kier molecular flexibility index (Phi) is 7.77. The van der Waals surface area contributed by atoms with Gasteiger partial charge in [0, 0.05) is 11.6 Å². The smallest absolute Gasteiger partial charge is 0.250 e. The van der Waals surface area contributed by atoms with Crippen molar-refractivity contribution in [1.29, 1.82) is 0 Å². The van der Waals surface area contributed by atoms with Crippen LogP contribution in [0.25, 0.3) is 0 Å². The molecule has 0 aliphatic carbocycles. The largest absolute Gasteiger partial charge is 0.351 e. The van der Waals surface area contributed by atoms with Crippen LogP contribution in [0.4, 0.5) is 0 Å². The maximum absolute atomic E-state index is 12.5. The van der Waals surface area contributed by atoms with E-state index in [4.69, 9.17) is 11.6 Å². The van der Waals surface area contributed by atoms with Crippen LogP contribution in [0, 0.1) is 0 Å². The highest BCUT2D eigenvalue weighted by molar-refractivity contribution is 7.98. The van der Waals surface area contributed by atoms with E-state index in [1.54, 1.807) is 29.3 Å². The predicted octanol–water partition coefficient (Wildman–Crippen LogP) is 3.12. The molecule has 1 amide bonds. The molecule has 1 atom stereocenters. The second kappa shape index (κ2) is 9.59. The van der Waals surface area contributed by atoms with Crippen LogP contribution in [-0.2, 0) is 21.4 Å². The van der Waals surface area contributed by atoms with Crippen LogP contribution in [0.1, 0.15) is 12.0 Å². The van der Waals surface area contributed by atoms with Crippen molar-refractivity contribution in [3.05, 3.63) is 52.4 Å². The van der Waals surface area contributed by atoms with Gasteiger partial charge in [0.2, 0.25) is 5.91 Å². The monoisotopic (exact) mass is 418 g/mol. The number of nitrogens with one attached hydrogen (secondary N) is 2. The molecule has 0 spiro atoms. The molecular formula is C16H19ClN2O3S3. The lowest BCUT2D eigenvalue weighted by Gasteiger charge is -2.18. The summed E-state index contributed by atoms with van der Waals surface area (Å²) in [7, 11) is -3.71. The molecule has 0 saturated carbocycles. The van der Waals surface area contributed by atoms with Gasteiger partial charge in [0.05, 0.1) is 0 Å². The van der Waals surface area contributed by atoms with Gasteiger partial charge in [0.1, 0.15) is 10.3 Å². The number of halogens is 1. The topological polar surface area (TPSA) is 75.3 Å². The summed E-state index contributed by atoms with van der Waals surface area (Å²) < 4.78 is 27.5. The average Bonchev–Trinajstić information content (AvgIpc) is 3.13. The number of rotatable bonds is 9. The molecule has 0 radical (unpaired) electrons. The summed E-state index contributed by atoms with van der Waals surface area (Å²) in [5.41, 5.74) is 0.780. The van der Waals surface area contributed by atoms with Crippen molar-refractivity contribution in [2.45, 2.75) is 23.2 Å². The number of thioether (sulfide) groups is 1. The molecule has 1 aromatic carbocycles. The number of thiophene rings is 1. The van der Waals surface area contributed by atoms with Crippen LogP contribution in [0.3, 0.4) is 0 Å². The first-order valence-corrected chi connectivity index (χ1v) is 11.6. The minimum atomic E-state index is -3.71. The van der Waals surface area contributed by atoms with Gasteiger partial charge in [0.25, 0.3) is 10.0 Å². The van der Waals surface area contributed by atoms with Crippen LogP contribution >= 0.6 is 34.7 Å². The van der Waals surface area contributed by atoms with Gasteiger partial charge >= 0.3 is 0 Å². The Morgan fingerprint density at radius 1 is 1.28 bits per heavy atom. The van der Waals surface area contributed by atoms with E-state index in [-0.39, 0.29) is 16.7 Å². The third kappa shape index (κ3) is 6.00. The first-order valence-electron chi connectivity index (χ1n) is 7.50. The Hall–Kier alpha value is -1.06. The molecule has 0 unspecified atom stereocenters. The maximum Gasteiger partial charge on any atom is 0.250 e. The number of benzene rings is 1. The summed E-state index contributed by atoms with van der Waals surface area (Å²) >= 11 is 8.75. The van der Waals surface area contributed by atoms with Crippen molar-refractivity contribution >= 4 is 50.6 Å². The second-order valence-corrected chi connectivity index (χ2v) is 9.48. The average molecular weight is 419 g/mol. The fourth-order valence-electron chi connectivity index (χ4n) is 2.09. The van der Waals surface area contributed by atoms with Crippen molar-refractivity contribution in [3.8, 4) is 0 Å². The van der Waals surface area contributed by atoms with Gasteiger partial charge in [0.15, 0.2) is 0 Å². The highest BCUT2D eigenvalue weighted by Gasteiger charge is 2.26. The van der Waals surface area contributed by atoms with Gasteiger partial charge in [-0.05, 0) is 41.5 Å². The Balaban J connectivity index is 2.05. The molecule has 0 bridgehead atoms. The second-order valence-electron chi connectivity index (χ2n) is 5.20. The van der Waals surface area contributed by atoms with Crippen LogP contribution in [0.5, 0.6) is 0 Å².